The molecule has 0 aliphatic carbocycles. The van der Waals surface area contributed by atoms with Crippen LogP contribution in [0.3, 0.4) is 0 Å². The van der Waals surface area contributed by atoms with Crippen LogP contribution < -0.4 is 9.46 Å². The van der Waals surface area contributed by atoms with Gasteiger partial charge in [0.15, 0.2) is 0 Å². The van der Waals surface area contributed by atoms with Gasteiger partial charge in [0.05, 0.1) is 17.1 Å². The minimum atomic E-state index is -4.52. The van der Waals surface area contributed by atoms with Gasteiger partial charge in [0.25, 0.3) is 10.0 Å². The lowest BCUT2D eigenvalue weighted by Gasteiger charge is -2.10. The number of hydrogen-bond acceptors (Lipinski definition) is 4. The summed E-state index contributed by atoms with van der Waals surface area (Å²) in [6.45, 7) is 0.493. The molecule has 0 unspecified atom stereocenters. The van der Waals surface area contributed by atoms with Crippen LogP contribution in [0.25, 0.3) is 0 Å². The predicted molar refractivity (Wildman–Crippen MR) is 75.7 cm³/mol. The molecular formula is C14H11F3N2O3S. The van der Waals surface area contributed by atoms with Crippen LogP contribution in [0.5, 0.6) is 5.75 Å². The molecule has 1 aromatic heterocycles. The van der Waals surface area contributed by atoms with Gasteiger partial charge in [0.1, 0.15) is 11.6 Å². The number of nitrogens with zero attached hydrogens (tertiary/aromatic N) is 1. The molecule has 0 amide bonds. The third-order valence-corrected chi connectivity index (χ3v) is 4.65. The van der Waals surface area contributed by atoms with E-state index in [4.69, 9.17) is 4.74 Å². The van der Waals surface area contributed by atoms with Crippen molar-refractivity contribution in [3.8, 4) is 5.75 Å². The zero-order valence-corrected chi connectivity index (χ0v) is 12.4. The number of ether oxygens (including phenoxy) is 1. The van der Waals surface area contributed by atoms with Crippen LogP contribution in [0.1, 0.15) is 11.1 Å². The highest BCUT2D eigenvalue weighted by Crippen LogP contribution is 2.30. The van der Waals surface area contributed by atoms with Crippen molar-refractivity contribution in [1.29, 1.82) is 0 Å². The minimum absolute atomic E-state index is 0.00319. The summed E-state index contributed by atoms with van der Waals surface area (Å²) < 4.78 is 69.4. The molecule has 2 aromatic rings. The fraction of sp³-hybridized carbons (Fsp3) is 0.214. The summed E-state index contributed by atoms with van der Waals surface area (Å²) in [5.41, 5.74) is -0.177. The molecule has 122 valence electrons. The summed E-state index contributed by atoms with van der Waals surface area (Å²) in [6, 6.07) is 6.14. The van der Waals surface area contributed by atoms with Gasteiger partial charge in [-0.3, -0.25) is 4.72 Å². The Labute approximate surface area is 130 Å². The zero-order valence-electron chi connectivity index (χ0n) is 11.6. The number of hydrogen-bond donors (Lipinski definition) is 1. The van der Waals surface area contributed by atoms with E-state index in [0.29, 0.717) is 25.0 Å². The van der Waals surface area contributed by atoms with E-state index in [1.54, 1.807) is 6.07 Å². The number of sulfonamides is 1. The van der Waals surface area contributed by atoms with Gasteiger partial charge in [0, 0.05) is 12.6 Å². The first-order valence-corrected chi connectivity index (χ1v) is 8.06. The maximum absolute atomic E-state index is 12.5. The number of nitrogens with one attached hydrogen (secondary N) is 1. The first kappa shape index (κ1) is 15.6. The molecule has 0 atom stereocenters. The highest BCUT2D eigenvalue weighted by molar-refractivity contribution is 7.92. The zero-order chi connectivity index (χ0) is 16.7. The average molecular weight is 344 g/mol. The molecule has 1 N–H and O–H groups in total. The lowest BCUT2D eigenvalue weighted by molar-refractivity contribution is -0.137. The van der Waals surface area contributed by atoms with Gasteiger partial charge >= 0.3 is 6.18 Å². The number of anilines is 1. The van der Waals surface area contributed by atoms with Gasteiger partial charge in [-0.1, -0.05) is 0 Å². The second-order valence-corrected chi connectivity index (χ2v) is 6.59. The predicted octanol–water partition coefficient (Wildman–Crippen LogP) is 2.84. The van der Waals surface area contributed by atoms with E-state index in [2.05, 4.69) is 9.71 Å². The van der Waals surface area contributed by atoms with Crippen molar-refractivity contribution in [2.24, 2.45) is 0 Å². The second kappa shape index (κ2) is 5.41. The van der Waals surface area contributed by atoms with Crippen LogP contribution in [0, 0.1) is 0 Å². The van der Waals surface area contributed by atoms with Crippen LogP contribution >= 0.6 is 0 Å². The van der Waals surface area contributed by atoms with Crippen LogP contribution in [-0.2, 0) is 22.6 Å². The smallest absolute Gasteiger partial charge is 0.417 e. The average Bonchev–Trinajstić information content (AvgIpc) is 2.93. The molecule has 1 aliphatic rings. The van der Waals surface area contributed by atoms with Crippen molar-refractivity contribution in [2.45, 2.75) is 17.5 Å². The number of alkyl halides is 3. The van der Waals surface area contributed by atoms with Gasteiger partial charge in [0.2, 0.25) is 0 Å². The van der Waals surface area contributed by atoms with Crippen LogP contribution in [0.15, 0.2) is 41.4 Å². The Morgan fingerprint density at radius 3 is 2.61 bits per heavy atom. The Morgan fingerprint density at radius 2 is 1.96 bits per heavy atom. The Bertz CT molecular complexity index is 833. The van der Waals surface area contributed by atoms with Gasteiger partial charge < -0.3 is 4.74 Å². The van der Waals surface area contributed by atoms with E-state index in [0.717, 1.165) is 17.7 Å². The Kier molecular flexibility index (Phi) is 3.67. The fourth-order valence-corrected chi connectivity index (χ4v) is 3.21. The van der Waals surface area contributed by atoms with Crippen molar-refractivity contribution in [3.63, 3.8) is 0 Å². The molecule has 2 heterocycles. The first-order chi connectivity index (χ1) is 10.8. The van der Waals surface area contributed by atoms with E-state index in [9.17, 15) is 21.6 Å². The molecule has 9 heteroatoms. The molecule has 1 aliphatic heterocycles. The normalized spacial score (nSPS) is 14.2. The highest BCUT2D eigenvalue weighted by Gasteiger charge is 2.30. The third-order valence-electron chi connectivity index (χ3n) is 3.30. The fourth-order valence-electron chi connectivity index (χ4n) is 2.15. The number of rotatable bonds is 3. The summed E-state index contributed by atoms with van der Waals surface area (Å²) in [7, 11) is -3.93. The Hall–Kier alpha value is -2.29. The molecular weight excluding hydrogens is 333 g/mol. The first-order valence-electron chi connectivity index (χ1n) is 6.57. The lowest BCUT2D eigenvalue weighted by atomic mass is 10.2. The van der Waals surface area contributed by atoms with Crippen molar-refractivity contribution in [3.05, 3.63) is 47.7 Å². The standard InChI is InChI=1S/C14H11F3N2O3S/c15-14(16,17)10-1-4-13(18-8-10)19-23(20,21)11-2-3-12-9(7-11)5-6-22-12/h1-4,7-8H,5-6H2,(H,18,19). The number of benzene rings is 1. The molecule has 0 radical (unpaired) electrons. The molecule has 0 saturated carbocycles. The van der Waals surface area contributed by atoms with E-state index < -0.39 is 21.8 Å². The van der Waals surface area contributed by atoms with Crippen LogP contribution in [0.2, 0.25) is 0 Å². The number of aromatic nitrogens is 1. The molecule has 1 aromatic carbocycles. The van der Waals surface area contributed by atoms with Gasteiger partial charge in [-0.25, -0.2) is 13.4 Å². The Balaban J connectivity index is 1.84. The number of fused-ring (bicyclic) bond motifs is 1. The van der Waals surface area contributed by atoms with Crippen LogP contribution in [-0.4, -0.2) is 20.0 Å². The van der Waals surface area contributed by atoms with Crippen molar-refractivity contribution >= 4 is 15.8 Å². The monoisotopic (exact) mass is 344 g/mol. The van der Waals surface area contributed by atoms with Crippen LogP contribution in [0.4, 0.5) is 19.0 Å². The molecule has 0 spiro atoms. The molecule has 0 bridgehead atoms. The number of pyridine rings is 1. The number of halogens is 3. The molecule has 3 rings (SSSR count). The third kappa shape index (κ3) is 3.24. The second-order valence-electron chi connectivity index (χ2n) is 4.90. The topological polar surface area (TPSA) is 68.3 Å². The van der Waals surface area contributed by atoms with Gasteiger partial charge in [-0.05, 0) is 35.9 Å². The maximum Gasteiger partial charge on any atom is 0.417 e. The molecule has 0 saturated heterocycles. The van der Waals surface area contributed by atoms with Crippen molar-refractivity contribution in [2.75, 3.05) is 11.3 Å². The maximum atomic E-state index is 12.5. The molecule has 5 nitrogen and oxygen atoms in total. The molecule has 0 fully saturated rings. The summed E-state index contributed by atoms with van der Waals surface area (Å²) in [5.74, 6) is 0.450. The van der Waals surface area contributed by atoms with Crippen molar-refractivity contribution < 1.29 is 26.3 Å². The molecule has 23 heavy (non-hydrogen) atoms. The minimum Gasteiger partial charge on any atom is -0.493 e. The SMILES string of the molecule is O=S(=O)(Nc1ccc(C(F)(F)F)cn1)c1ccc2c(c1)CCO2. The van der Waals surface area contributed by atoms with E-state index in [-0.39, 0.29) is 10.7 Å². The van der Waals surface area contributed by atoms with E-state index in [1.165, 1.54) is 12.1 Å². The van der Waals surface area contributed by atoms with E-state index >= 15 is 0 Å². The summed E-state index contributed by atoms with van der Waals surface area (Å²) in [6.07, 6.45) is -3.34. The van der Waals surface area contributed by atoms with E-state index in [1.807, 2.05) is 0 Å². The van der Waals surface area contributed by atoms with Gasteiger partial charge in [-0.15, -0.1) is 0 Å². The van der Waals surface area contributed by atoms with Crippen molar-refractivity contribution in [1.82, 2.24) is 4.98 Å². The quantitative estimate of drug-likeness (QED) is 0.930. The van der Waals surface area contributed by atoms with Gasteiger partial charge in [-0.2, -0.15) is 13.2 Å². The highest BCUT2D eigenvalue weighted by atomic mass is 32.2. The summed E-state index contributed by atoms with van der Waals surface area (Å²) >= 11 is 0. The summed E-state index contributed by atoms with van der Waals surface area (Å²) in [5, 5.41) is 0. The largest absolute Gasteiger partial charge is 0.493 e. The summed E-state index contributed by atoms with van der Waals surface area (Å²) in [4.78, 5) is 3.50. The lowest BCUT2D eigenvalue weighted by Crippen LogP contribution is -2.14. The Morgan fingerprint density at radius 1 is 1.17 bits per heavy atom.